The van der Waals surface area contributed by atoms with E-state index in [2.05, 4.69) is 63.8 Å². The van der Waals surface area contributed by atoms with E-state index < -0.39 is 0 Å². The second-order valence-corrected chi connectivity index (χ2v) is 9.04. The van der Waals surface area contributed by atoms with E-state index in [1.807, 2.05) is 0 Å². The Labute approximate surface area is 170 Å². The highest BCUT2D eigenvalue weighted by atomic mass is 15.3. The first-order chi connectivity index (χ1) is 13.0. The molecule has 2 heteroatoms. The monoisotopic (exact) mass is 374 g/mol. The van der Waals surface area contributed by atoms with Gasteiger partial charge in [-0.25, -0.2) is 0 Å². The van der Waals surface area contributed by atoms with E-state index in [0.29, 0.717) is 6.04 Å². The highest BCUT2D eigenvalue weighted by molar-refractivity contribution is 5.84. The maximum Gasteiger partial charge on any atom is 0.0999 e. The van der Waals surface area contributed by atoms with Gasteiger partial charge in [0, 0.05) is 19.0 Å². The number of nitrogens with zero attached hydrogens (tertiary/aromatic N) is 2. The van der Waals surface area contributed by atoms with E-state index in [1.54, 1.807) is 0 Å². The Balaban J connectivity index is 1.99. The van der Waals surface area contributed by atoms with Gasteiger partial charge in [0.1, 0.15) is 0 Å². The largest absolute Gasteiger partial charge is 0.356 e. The van der Waals surface area contributed by atoms with Gasteiger partial charge >= 0.3 is 0 Å². The molecule has 2 nitrogen and oxygen atoms in total. The van der Waals surface area contributed by atoms with E-state index >= 15 is 0 Å². The molecule has 27 heavy (non-hydrogen) atoms. The highest BCUT2D eigenvalue weighted by Gasteiger charge is 2.31. The number of unbranched alkanes of at least 4 members (excludes halogenated alkanes) is 8. The predicted octanol–water partition coefficient (Wildman–Crippen LogP) is 7.70. The van der Waals surface area contributed by atoms with Gasteiger partial charge in [0.2, 0.25) is 0 Å². The molecule has 0 aromatic rings. The molecule has 1 rings (SSSR count). The minimum atomic E-state index is 0.108. The first kappa shape index (κ1) is 24.0. The molecule has 1 aliphatic rings. The van der Waals surface area contributed by atoms with Crippen LogP contribution in [0.5, 0.6) is 0 Å². The van der Waals surface area contributed by atoms with Gasteiger partial charge < -0.3 is 4.90 Å². The Morgan fingerprint density at radius 3 is 2.11 bits per heavy atom. The average Bonchev–Trinajstić information content (AvgIpc) is 2.93. The summed E-state index contributed by atoms with van der Waals surface area (Å²) in [5, 5.41) is 0. The third kappa shape index (κ3) is 11.4. The van der Waals surface area contributed by atoms with Crippen LogP contribution in [0.25, 0.3) is 0 Å². The van der Waals surface area contributed by atoms with Crippen LogP contribution in [0.1, 0.15) is 112 Å². The topological polar surface area (TPSA) is 15.6 Å². The molecule has 0 unspecified atom stereocenters. The standard InChI is InChI=1S/C25H46N2/c1-6-7-8-9-10-11-12-13-14-15-16-17-18-19-20-21-24-26-25(4,5)22-27(24)23(2)3/h10-11,13-14,23H,6-9,12,15-22H2,1-5H3. The fraction of sp³-hybridized carbons (Fsp3) is 0.800. The molecule has 0 spiro atoms. The van der Waals surface area contributed by atoms with Crippen LogP contribution in [0.2, 0.25) is 0 Å². The van der Waals surface area contributed by atoms with Crippen LogP contribution in [-0.4, -0.2) is 28.9 Å². The lowest BCUT2D eigenvalue weighted by molar-refractivity contribution is 0.320. The fourth-order valence-corrected chi connectivity index (χ4v) is 3.73. The molecule has 0 fully saturated rings. The first-order valence-corrected chi connectivity index (χ1v) is 11.6. The zero-order chi connectivity index (χ0) is 20.0. The summed E-state index contributed by atoms with van der Waals surface area (Å²) in [5.41, 5.74) is 0.108. The quantitative estimate of drug-likeness (QED) is 0.212. The molecule has 0 amide bonds. The summed E-state index contributed by atoms with van der Waals surface area (Å²) < 4.78 is 0. The van der Waals surface area contributed by atoms with Gasteiger partial charge in [-0.1, -0.05) is 63.3 Å². The SMILES string of the molecule is CCCCCC=CCC=CCCCCCCCC1=NC(C)(C)CN1C(C)C. The van der Waals surface area contributed by atoms with Gasteiger partial charge in [-0.15, -0.1) is 0 Å². The molecule has 0 aromatic heterocycles. The molecule has 0 saturated heterocycles. The van der Waals surface area contributed by atoms with Crippen molar-refractivity contribution >= 4 is 5.84 Å². The lowest BCUT2D eigenvalue weighted by Gasteiger charge is -2.26. The van der Waals surface area contributed by atoms with E-state index in [-0.39, 0.29) is 5.54 Å². The molecule has 0 N–H and O–H groups in total. The van der Waals surface area contributed by atoms with Gasteiger partial charge in [-0.2, -0.15) is 0 Å². The molecule has 1 aliphatic heterocycles. The normalized spacial score (nSPS) is 17.0. The Morgan fingerprint density at radius 2 is 1.48 bits per heavy atom. The first-order valence-electron chi connectivity index (χ1n) is 11.6. The molecule has 0 aromatic carbocycles. The maximum absolute atomic E-state index is 4.95. The number of hydrogen-bond acceptors (Lipinski definition) is 2. The van der Waals surface area contributed by atoms with Crippen molar-refractivity contribution in [2.75, 3.05) is 6.54 Å². The Kier molecular flexibility index (Phi) is 12.5. The second-order valence-electron chi connectivity index (χ2n) is 9.04. The predicted molar refractivity (Wildman–Crippen MR) is 123 cm³/mol. The third-order valence-corrected chi connectivity index (χ3v) is 5.29. The molecule has 0 saturated carbocycles. The van der Waals surface area contributed by atoms with Crippen molar-refractivity contribution in [1.82, 2.24) is 4.90 Å². The zero-order valence-corrected chi connectivity index (χ0v) is 19.0. The van der Waals surface area contributed by atoms with Gasteiger partial charge in [0.15, 0.2) is 0 Å². The summed E-state index contributed by atoms with van der Waals surface area (Å²) in [6.07, 6.45) is 24.8. The highest BCUT2D eigenvalue weighted by Crippen LogP contribution is 2.24. The zero-order valence-electron chi connectivity index (χ0n) is 19.0. The molecular formula is C25H46N2. The molecule has 0 atom stereocenters. The molecular weight excluding hydrogens is 328 g/mol. The minimum Gasteiger partial charge on any atom is -0.356 e. The molecule has 1 heterocycles. The van der Waals surface area contributed by atoms with Gasteiger partial charge in [-0.3, -0.25) is 4.99 Å². The van der Waals surface area contributed by atoms with Crippen LogP contribution >= 0.6 is 0 Å². The fourth-order valence-electron chi connectivity index (χ4n) is 3.73. The molecule has 156 valence electrons. The van der Waals surface area contributed by atoms with Crippen LogP contribution in [0.15, 0.2) is 29.3 Å². The van der Waals surface area contributed by atoms with E-state index in [9.17, 15) is 0 Å². The van der Waals surface area contributed by atoms with Crippen molar-refractivity contribution in [2.24, 2.45) is 4.99 Å². The summed E-state index contributed by atoms with van der Waals surface area (Å²) in [6, 6.07) is 0.573. The van der Waals surface area contributed by atoms with E-state index in [0.717, 1.165) is 19.4 Å². The van der Waals surface area contributed by atoms with Crippen molar-refractivity contribution in [3.05, 3.63) is 24.3 Å². The number of rotatable bonds is 15. The lowest BCUT2D eigenvalue weighted by atomic mass is 10.1. The van der Waals surface area contributed by atoms with Crippen LogP contribution in [0.3, 0.4) is 0 Å². The van der Waals surface area contributed by atoms with Gasteiger partial charge in [0.25, 0.3) is 0 Å². The Morgan fingerprint density at radius 1 is 0.889 bits per heavy atom. The number of amidine groups is 1. The summed E-state index contributed by atoms with van der Waals surface area (Å²) >= 11 is 0. The Hall–Kier alpha value is -1.05. The van der Waals surface area contributed by atoms with Crippen molar-refractivity contribution in [2.45, 2.75) is 123 Å². The van der Waals surface area contributed by atoms with E-state index in [1.165, 1.54) is 70.0 Å². The average molecular weight is 375 g/mol. The lowest BCUT2D eigenvalue weighted by Crippen LogP contribution is -2.37. The van der Waals surface area contributed by atoms with Crippen molar-refractivity contribution in [3.63, 3.8) is 0 Å². The van der Waals surface area contributed by atoms with Crippen molar-refractivity contribution < 1.29 is 0 Å². The third-order valence-electron chi connectivity index (χ3n) is 5.29. The van der Waals surface area contributed by atoms with Crippen LogP contribution in [0.4, 0.5) is 0 Å². The van der Waals surface area contributed by atoms with Crippen LogP contribution in [0, 0.1) is 0 Å². The van der Waals surface area contributed by atoms with Crippen LogP contribution < -0.4 is 0 Å². The van der Waals surface area contributed by atoms with Gasteiger partial charge in [0.05, 0.1) is 11.4 Å². The second kappa shape index (κ2) is 14.0. The summed E-state index contributed by atoms with van der Waals surface area (Å²) in [4.78, 5) is 7.46. The van der Waals surface area contributed by atoms with Gasteiger partial charge in [-0.05, 0) is 66.2 Å². The van der Waals surface area contributed by atoms with E-state index in [4.69, 9.17) is 4.99 Å². The number of allylic oxidation sites excluding steroid dienone is 4. The minimum absolute atomic E-state index is 0.108. The van der Waals surface area contributed by atoms with Crippen LogP contribution in [-0.2, 0) is 0 Å². The maximum atomic E-state index is 4.95. The summed E-state index contributed by atoms with van der Waals surface area (Å²) in [5.74, 6) is 1.35. The molecule has 0 aliphatic carbocycles. The number of aliphatic imine (C=N–C) groups is 1. The smallest absolute Gasteiger partial charge is 0.0999 e. The summed E-state index contributed by atoms with van der Waals surface area (Å²) in [7, 11) is 0. The molecule has 0 bridgehead atoms. The summed E-state index contributed by atoms with van der Waals surface area (Å²) in [6.45, 7) is 12.4. The number of hydrogen-bond donors (Lipinski definition) is 0. The Bertz CT molecular complexity index is 457. The molecule has 0 radical (unpaired) electrons. The van der Waals surface area contributed by atoms with Crippen molar-refractivity contribution in [3.8, 4) is 0 Å². The van der Waals surface area contributed by atoms with Crippen molar-refractivity contribution in [1.29, 1.82) is 0 Å².